The first-order valence-electron chi connectivity index (χ1n) is 2.69. The van der Waals surface area contributed by atoms with Crippen molar-refractivity contribution in [1.82, 2.24) is 5.06 Å². The molecule has 0 N–H and O–H groups in total. The molecule has 0 aromatic carbocycles. The van der Waals surface area contributed by atoms with Crippen LogP contribution in [-0.4, -0.2) is 23.5 Å². The molecule has 0 atom stereocenters. The van der Waals surface area contributed by atoms with Gasteiger partial charge in [0.1, 0.15) is 0 Å². The third-order valence-corrected chi connectivity index (χ3v) is 1.05. The number of β-lactam (4-membered cyclic amide) rings is 1. The maximum Gasteiger partial charge on any atom is 0.329 e. The number of hydrogen-bond donors (Lipinski definition) is 0. The van der Waals surface area contributed by atoms with Crippen molar-refractivity contribution in [2.75, 3.05) is 6.54 Å². The van der Waals surface area contributed by atoms with E-state index in [4.69, 9.17) is 0 Å². The monoisotopic (exact) mass is 129 g/mol. The second-order valence-corrected chi connectivity index (χ2v) is 1.83. The van der Waals surface area contributed by atoms with Gasteiger partial charge in [-0.3, -0.25) is 9.59 Å². The van der Waals surface area contributed by atoms with E-state index in [1.165, 1.54) is 6.92 Å². The Kier molecular flexibility index (Phi) is 1.38. The molecule has 4 nitrogen and oxygen atoms in total. The number of amides is 1. The molecule has 1 saturated heterocycles. The van der Waals surface area contributed by atoms with Crippen molar-refractivity contribution in [3.8, 4) is 0 Å². The third kappa shape index (κ3) is 1.19. The van der Waals surface area contributed by atoms with Crippen molar-refractivity contribution in [1.29, 1.82) is 0 Å². The predicted octanol–water partition coefficient (Wildman–Crippen LogP) is -0.303. The topological polar surface area (TPSA) is 46.6 Å². The van der Waals surface area contributed by atoms with Crippen LogP contribution in [0, 0.1) is 0 Å². The zero-order valence-corrected chi connectivity index (χ0v) is 5.09. The van der Waals surface area contributed by atoms with E-state index < -0.39 is 5.97 Å². The Hall–Kier alpha value is -1.06. The van der Waals surface area contributed by atoms with Gasteiger partial charge in [0.2, 0.25) is 0 Å². The van der Waals surface area contributed by atoms with Crippen LogP contribution in [0.5, 0.6) is 0 Å². The summed E-state index contributed by atoms with van der Waals surface area (Å²) in [6.45, 7) is 1.81. The second-order valence-electron chi connectivity index (χ2n) is 1.83. The maximum absolute atomic E-state index is 10.4. The van der Waals surface area contributed by atoms with E-state index in [9.17, 15) is 9.59 Å². The van der Waals surface area contributed by atoms with Crippen molar-refractivity contribution in [3.63, 3.8) is 0 Å². The van der Waals surface area contributed by atoms with E-state index in [1.807, 2.05) is 0 Å². The first-order chi connectivity index (χ1) is 4.20. The minimum absolute atomic E-state index is 0.120. The van der Waals surface area contributed by atoms with E-state index >= 15 is 0 Å². The van der Waals surface area contributed by atoms with Crippen LogP contribution in [0.2, 0.25) is 0 Å². The van der Waals surface area contributed by atoms with E-state index in [0.29, 0.717) is 13.0 Å². The maximum atomic E-state index is 10.4. The highest BCUT2D eigenvalue weighted by Gasteiger charge is 2.26. The molecule has 1 rings (SSSR count). The molecule has 0 radical (unpaired) electrons. The van der Waals surface area contributed by atoms with Crippen molar-refractivity contribution in [2.45, 2.75) is 13.3 Å². The van der Waals surface area contributed by atoms with Crippen molar-refractivity contribution < 1.29 is 14.4 Å². The minimum atomic E-state index is -0.442. The fourth-order valence-corrected chi connectivity index (χ4v) is 0.546. The molecule has 9 heavy (non-hydrogen) atoms. The molecule has 0 saturated carbocycles. The Morgan fingerprint density at radius 2 is 2.44 bits per heavy atom. The first kappa shape index (κ1) is 6.07. The molecule has 0 aromatic heterocycles. The molecule has 0 unspecified atom stereocenters. The summed E-state index contributed by atoms with van der Waals surface area (Å²) in [6.07, 6.45) is 0.493. The van der Waals surface area contributed by atoms with Crippen LogP contribution in [0.4, 0.5) is 0 Å². The van der Waals surface area contributed by atoms with Gasteiger partial charge in [0, 0.05) is 6.92 Å². The normalized spacial score (nSPS) is 17.0. The Balaban J connectivity index is 2.29. The van der Waals surface area contributed by atoms with Gasteiger partial charge < -0.3 is 4.84 Å². The largest absolute Gasteiger partial charge is 0.338 e. The summed E-state index contributed by atoms with van der Waals surface area (Å²) < 4.78 is 0. The molecule has 0 spiro atoms. The zero-order chi connectivity index (χ0) is 6.85. The molecule has 1 aliphatic heterocycles. The highest BCUT2D eigenvalue weighted by atomic mass is 16.7. The molecular formula is C5H7NO3. The summed E-state index contributed by atoms with van der Waals surface area (Å²) in [5, 5.41) is 1.06. The van der Waals surface area contributed by atoms with Crippen molar-refractivity contribution >= 4 is 11.9 Å². The number of carbonyl (C=O) groups is 2. The molecular weight excluding hydrogens is 122 g/mol. The number of nitrogens with zero attached hydrogens (tertiary/aromatic N) is 1. The lowest BCUT2D eigenvalue weighted by atomic mass is 10.3. The second kappa shape index (κ2) is 2.05. The molecule has 0 aliphatic carbocycles. The van der Waals surface area contributed by atoms with E-state index in [2.05, 4.69) is 4.84 Å². The summed E-state index contributed by atoms with van der Waals surface area (Å²) in [4.78, 5) is 25.0. The smallest absolute Gasteiger partial charge is 0.329 e. The lowest BCUT2D eigenvalue weighted by Gasteiger charge is -2.27. The predicted molar refractivity (Wildman–Crippen MR) is 28.1 cm³/mol. The molecule has 1 heterocycles. The van der Waals surface area contributed by atoms with Gasteiger partial charge in [-0.05, 0) is 0 Å². The van der Waals surface area contributed by atoms with Gasteiger partial charge in [0.05, 0.1) is 13.0 Å². The van der Waals surface area contributed by atoms with Gasteiger partial charge in [0.15, 0.2) is 0 Å². The fourth-order valence-electron chi connectivity index (χ4n) is 0.546. The van der Waals surface area contributed by atoms with E-state index in [0.717, 1.165) is 5.06 Å². The van der Waals surface area contributed by atoms with Crippen LogP contribution in [0.1, 0.15) is 13.3 Å². The van der Waals surface area contributed by atoms with Gasteiger partial charge in [-0.1, -0.05) is 0 Å². The van der Waals surface area contributed by atoms with E-state index in [-0.39, 0.29) is 5.91 Å². The molecule has 1 fully saturated rings. The summed E-state index contributed by atoms with van der Waals surface area (Å²) in [5.74, 6) is -0.562. The number of hydroxylamine groups is 2. The summed E-state index contributed by atoms with van der Waals surface area (Å²) in [6, 6.07) is 0. The van der Waals surface area contributed by atoms with Gasteiger partial charge in [-0.15, -0.1) is 0 Å². The summed E-state index contributed by atoms with van der Waals surface area (Å²) >= 11 is 0. The Morgan fingerprint density at radius 3 is 2.56 bits per heavy atom. The highest BCUT2D eigenvalue weighted by molar-refractivity contribution is 5.82. The summed E-state index contributed by atoms with van der Waals surface area (Å²) in [5.41, 5.74) is 0. The Bertz CT molecular complexity index is 154. The molecule has 1 amide bonds. The fraction of sp³-hybridized carbons (Fsp3) is 0.600. The van der Waals surface area contributed by atoms with Crippen LogP contribution in [-0.2, 0) is 14.4 Å². The lowest BCUT2D eigenvalue weighted by Crippen LogP contribution is -2.44. The Morgan fingerprint density at radius 1 is 1.78 bits per heavy atom. The van der Waals surface area contributed by atoms with Crippen LogP contribution >= 0.6 is 0 Å². The molecule has 50 valence electrons. The molecule has 4 heteroatoms. The van der Waals surface area contributed by atoms with Gasteiger partial charge >= 0.3 is 5.97 Å². The van der Waals surface area contributed by atoms with Crippen LogP contribution in [0.15, 0.2) is 0 Å². The molecule has 1 aliphatic rings. The highest BCUT2D eigenvalue weighted by Crippen LogP contribution is 2.07. The van der Waals surface area contributed by atoms with Gasteiger partial charge in [-0.2, -0.15) is 5.06 Å². The number of carbonyl (C=O) groups excluding carboxylic acids is 2. The van der Waals surface area contributed by atoms with Crippen molar-refractivity contribution in [2.24, 2.45) is 0 Å². The average Bonchev–Trinajstić information content (AvgIpc) is 1.79. The third-order valence-electron chi connectivity index (χ3n) is 1.05. The van der Waals surface area contributed by atoms with Crippen LogP contribution in [0.3, 0.4) is 0 Å². The Labute approximate surface area is 52.3 Å². The average molecular weight is 129 g/mol. The first-order valence-corrected chi connectivity index (χ1v) is 2.69. The van der Waals surface area contributed by atoms with Crippen molar-refractivity contribution in [3.05, 3.63) is 0 Å². The standard InChI is InChI=1S/C5H7NO3/c1-4(7)9-6-3-2-5(6)8/h2-3H2,1H3. The quantitative estimate of drug-likeness (QED) is 0.456. The van der Waals surface area contributed by atoms with E-state index in [1.54, 1.807) is 0 Å². The minimum Gasteiger partial charge on any atom is -0.338 e. The van der Waals surface area contributed by atoms with Gasteiger partial charge in [0.25, 0.3) is 5.91 Å². The number of rotatable bonds is 1. The lowest BCUT2D eigenvalue weighted by molar-refractivity contribution is -0.210. The van der Waals surface area contributed by atoms with Crippen LogP contribution < -0.4 is 0 Å². The van der Waals surface area contributed by atoms with Crippen LogP contribution in [0.25, 0.3) is 0 Å². The van der Waals surface area contributed by atoms with Gasteiger partial charge in [-0.25, -0.2) is 0 Å². The molecule has 0 bridgehead atoms. The SMILES string of the molecule is CC(=O)ON1CCC1=O. The summed E-state index contributed by atoms with van der Waals surface area (Å²) in [7, 11) is 0. The number of hydrogen-bond acceptors (Lipinski definition) is 3. The zero-order valence-electron chi connectivity index (χ0n) is 5.09. The molecule has 0 aromatic rings.